The lowest BCUT2D eigenvalue weighted by Crippen LogP contribution is -2.24. The molecule has 29 heavy (non-hydrogen) atoms. The number of hydrogen-bond donors (Lipinski definition) is 2. The molecule has 4 nitrogen and oxygen atoms in total. The minimum absolute atomic E-state index is 0.0103. The second-order valence-corrected chi connectivity index (χ2v) is 6.48. The van der Waals surface area contributed by atoms with Crippen molar-refractivity contribution < 1.29 is 31.1 Å². The number of rotatable bonds is 3. The van der Waals surface area contributed by atoms with Gasteiger partial charge in [-0.05, 0) is 36.2 Å². The molecule has 0 unspecified atom stereocenters. The zero-order valence-electron chi connectivity index (χ0n) is 14.6. The van der Waals surface area contributed by atoms with E-state index in [0.29, 0.717) is 12.5 Å². The molecule has 1 saturated heterocycles. The number of aromatic nitrogens is 1. The van der Waals surface area contributed by atoms with Crippen LogP contribution in [0.25, 0.3) is 5.57 Å². The largest absolute Gasteiger partial charge is 0.421 e. The third-order valence-corrected chi connectivity index (χ3v) is 4.42. The topological polar surface area (TPSA) is 62.0 Å². The number of nitrogens with one attached hydrogen (secondary N) is 2. The number of benzene rings is 1. The molecule has 0 radical (unpaired) electrons. The van der Waals surface area contributed by atoms with E-state index in [2.05, 4.69) is 10.3 Å². The van der Waals surface area contributed by atoms with Crippen LogP contribution in [0.1, 0.15) is 35.2 Å². The summed E-state index contributed by atoms with van der Waals surface area (Å²) >= 11 is 0. The minimum Gasteiger partial charge on any atom is -0.350 e. The van der Waals surface area contributed by atoms with Gasteiger partial charge in [0.1, 0.15) is 5.56 Å². The number of pyridine rings is 1. The maximum Gasteiger partial charge on any atom is 0.421 e. The molecule has 0 spiro atoms. The van der Waals surface area contributed by atoms with Crippen LogP contribution in [0.4, 0.5) is 26.3 Å². The van der Waals surface area contributed by atoms with Crippen LogP contribution in [-0.4, -0.2) is 16.9 Å². The molecule has 1 atom stereocenters. The van der Waals surface area contributed by atoms with E-state index in [1.54, 1.807) is 0 Å². The Morgan fingerprint density at radius 1 is 0.931 bits per heavy atom. The molecule has 154 valence electrons. The molecule has 1 amide bonds. The molecule has 0 bridgehead atoms. The summed E-state index contributed by atoms with van der Waals surface area (Å²) < 4.78 is 76.9. The van der Waals surface area contributed by atoms with Crippen LogP contribution in [0.2, 0.25) is 0 Å². The Balaban J connectivity index is 2.07. The normalized spacial score (nSPS) is 18.1. The Morgan fingerprint density at radius 2 is 1.59 bits per heavy atom. The standard InChI is InChI=1S/C19H14F6N2O2/c20-18(21,22)11-3-1-10(2-4-11)13(9-12-5-8-16(28)26-12)15-7-6-14(17(29)27-15)19(23,24)25/h1-4,6-7,9,12H,5,8H2,(H,26,28)(H,27,29)/t12-/m1/s1. The van der Waals surface area contributed by atoms with Crippen molar-refractivity contribution in [2.75, 3.05) is 0 Å². The van der Waals surface area contributed by atoms with Crippen molar-refractivity contribution in [3.05, 3.63) is 75.2 Å². The number of aromatic amines is 1. The van der Waals surface area contributed by atoms with Crippen LogP contribution in [0.3, 0.4) is 0 Å². The summed E-state index contributed by atoms with van der Waals surface area (Å²) in [5.41, 5.74) is -3.21. The lowest BCUT2D eigenvalue weighted by atomic mass is 9.97. The van der Waals surface area contributed by atoms with E-state index in [0.717, 1.165) is 30.3 Å². The first-order chi connectivity index (χ1) is 13.4. The Morgan fingerprint density at radius 3 is 2.07 bits per heavy atom. The van der Waals surface area contributed by atoms with Gasteiger partial charge in [0.15, 0.2) is 0 Å². The van der Waals surface area contributed by atoms with Crippen LogP contribution in [-0.2, 0) is 17.1 Å². The maximum absolute atomic E-state index is 12.8. The van der Waals surface area contributed by atoms with Crippen molar-refractivity contribution >= 4 is 11.5 Å². The fourth-order valence-electron chi connectivity index (χ4n) is 3.00. The summed E-state index contributed by atoms with van der Waals surface area (Å²) in [6.07, 6.45) is -7.24. The molecule has 1 aromatic heterocycles. The number of amides is 1. The number of carbonyl (C=O) groups is 1. The number of hydrogen-bond acceptors (Lipinski definition) is 2. The van der Waals surface area contributed by atoms with E-state index in [9.17, 15) is 35.9 Å². The van der Waals surface area contributed by atoms with Crippen molar-refractivity contribution in [2.45, 2.75) is 31.2 Å². The van der Waals surface area contributed by atoms with Gasteiger partial charge >= 0.3 is 12.4 Å². The summed E-state index contributed by atoms with van der Waals surface area (Å²) in [6, 6.07) is 5.15. The highest BCUT2D eigenvalue weighted by Gasteiger charge is 2.34. The van der Waals surface area contributed by atoms with Gasteiger partial charge in [0.05, 0.1) is 5.56 Å². The predicted molar refractivity (Wildman–Crippen MR) is 91.8 cm³/mol. The third kappa shape index (κ3) is 4.69. The third-order valence-electron chi connectivity index (χ3n) is 4.42. The van der Waals surface area contributed by atoms with E-state index in [1.807, 2.05) is 0 Å². The summed E-state index contributed by atoms with van der Waals surface area (Å²) in [5.74, 6) is -0.223. The smallest absolute Gasteiger partial charge is 0.350 e. The van der Waals surface area contributed by atoms with Gasteiger partial charge in [0, 0.05) is 23.7 Å². The second kappa shape index (κ2) is 7.41. The van der Waals surface area contributed by atoms with Crippen LogP contribution in [0, 0.1) is 0 Å². The predicted octanol–water partition coefficient (Wildman–Crippen LogP) is 4.12. The number of carbonyl (C=O) groups excluding carboxylic acids is 1. The van der Waals surface area contributed by atoms with E-state index in [-0.39, 0.29) is 29.2 Å². The molecule has 2 aromatic rings. The molecule has 0 saturated carbocycles. The average molecular weight is 416 g/mol. The summed E-state index contributed by atoms with van der Waals surface area (Å²) in [5, 5.41) is 2.64. The number of halogens is 6. The van der Waals surface area contributed by atoms with Crippen molar-refractivity contribution in [3.63, 3.8) is 0 Å². The first-order valence-corrected chi connectivity index (χ1v) is 8.45. The average Bonchev–Trinajstić information content (AvgIpc) is 3.03. The Bertz CT molecular complexity index is 1000. The minimum atomic E-state index is -4.84. The number of alkyl halides is 6. The van der Waals surface area contributed by atoms with Gasteiger partial charge < -0.3 is 10.3 Å². The fourth-order valence-corrected chi connectivity index (χ4v) is 3.00. The quantitative estimate of drug-likeness (QED) is 0.740. The molecule has 1 aliphatic heterocycles. The lowest BCUT2D eigenvalue weighted by molar-refractivity contribution is -0.139. The lowest BCUT2D eigenvalue weighted by Gasteiger charge is -2.14. The molecule has 0 aliphatic carbocycles. The van der Waals surface area contributed by atoms with Gasteiger partial charge in [-0.1, -0.05) is 18.2 Å². The highest BCUT2D eigenvalue weighted by molar-refractivity contribution is 5.82. The molecular weight excluding hydrogens is 402 g/mol. The molecule has 1 fully saturated rings. The van der Waals surface area contributed by atoms with Crippen molar-refractivity contribution in [1.82, 2.24) is 10.3 Å². The SMILES string of the molecule is O=C1CC[C@H](C=C(c2ccc(C(F)(F)F)cc2)c2ccc(C(F)(F)F)c(=O)[nH]2)N1. The zero-order valence-corrected chi connectivity index (χ0v) is 14.6. The van der Waals surface area contributed by atoms with E-state index >= 15 is 0 Å². The van der Waals surface area contributed by atoms with Crippen LogP contribution in [0.15, 0.2) is 47.3 Å². The molecule has 10 heteroatoms. The second-order valence-electron chi connectivity index (χ2n) is 6.48. The molecule has 3 rings (SSSR count). The zero-order chi connectivity index (χ0) is 21.4. The van der Waals surface area contributed by atoms with Gasteiger partial charge in [-0.3, -0.25) is 9.59 Å². The van der Waals surface area contributed by atoms with E-state index in [1.165, 1.54) is 6.08 Å². The van der Waals surface area contributed by atoms with Gasteiger partial charge in [0.2, 0.25) is 5.91 Å². The molecule has 2 heterocycles. The number of H-pyrrole nitrogens is 1. The first kappa shape index (κ1) is 20.7. The monoisotopic (exact) mass is 416 g/mol. The van der Waals surface area contributed by atoms with Gasteiger partial charge in [-0.15, -0.1) is 0 Å². The highest BCUT2D eigenvalue weighted by Crippen LogP contribution is 2.32. The summed E-state index contributed by atoms with van der Waals surface area (Å²) in [6.45, 7) is 0. The van der Waals surface area contributed by atoms with E-state index < -0.39 is 35.1 Å². The molecule has 1 aliphatic rings. The molecule has 1 aromatic carbocycles. The van der Waals surface area contributed by atoms with Crippen LogP contribution in [0.5, 0.6) is 0 Å². The van der Waals surface area contributed by atoms with E-state index in [4.69, 9.17) is 0 Å². The molecule has 2 N–H and O–H groups in total. The summed E-state index contributed by atoms with van der Waals surface area (Å²) in [7, 11) is 0. The van der Waals surface area contributed by atoms with Crippen molar-refractivity contribution in [2.24, 2.45) is 0 Å². The van der Waals surface area contributed by atoms with Gasteiger partial charge in [-0.2, -0.15) is 26.3 Å². The summed E-state index contributed by atoms with van der Waals surface area (Å²) in [4.78, 5) is 25.4. The van der Waals surface area contributed by atoms with Crippen LogP contribution < -0.4 is 10.9 Å². The van der Waals surface area contributed by atoms with Crippen molar-refractivity contribution in [1.29, 1.82) is 0 Å². The highest BCUT2D eigenvalue weighted by atomic mass is 19.4. The Hall–Kier alpha value is -3.04. The van der Waals surface area contributed by atoms with Crippen LogP contribution >= 0.6 is 0 Å². The van der Waals surface area contributed by atoms with Crippen molar-refractivity contribution in [3.8, 4) is 0 Å². The fraction of sp³-hybridized carbons (Fsp3) is 0.263. The first-order valence-electron chi connectivity index (χ1n) is 8.45. The maximum atomic E-state index is 12.8. The van der Waals surface area contributed by atoms with Gasteiger partial charge in [-0.25, -0.2) is 0 Å². The Kier molecular flexibility index (Phi) is 5.29. The Labute approximate surface area is 160 Å². The van der Waals surface area contributed by atoms with Gasteiger partial charge in [0.25, 0.3) is 5.56 Å². The molecular formula is C19H14F6N2O2.